The Bertz CT molecular complexity index is 1730. The molecule has 0 radical (unpaired) electrons. The highest BCUT2D eigenvalue weighted by molar-refractivity contribution is 6.08. The van der Waals surface area contributed by atoms with Crippen molar-refractivity contribution in [2.24, 2.45) is 5.92 Å². The minimum Gasteiger partial charge on any atom is -0.497 e. The minimum atomic E-state index is -1.02. The molecule has 0 bridgehead atoms. The second kappa shape index (κ2) is 11.6. The van der Waals surface area contributed by atoms with Crippen LogP contribution in [0.3, 0.4) is 0 Å². The molecule has 222 valence electrons. The molecule has 4 aromatic rings. The zero-order valence-electron chi connectivity index (χ0n) is 24.0. The summed E-state index contributed by atoms with van der Waals surface area (Å²) in [7, 11) is 2.88. The second-order valence-electron chi connectivity index (χ2n) is 10.7. The summed E-state index contributed by atoms with van der Waals surface area (Å²) in [5.41, 5.74) is 1.90. The predicted molar refractivity (Wildman–Crippen MR) is 160 cm³/mol. The lowest BCUT2D eigenvalue weighted by Crippen LogP contribution is -2.37. The molecule has 2 aliphatic heterocycles. The highest BCUT2D eigenvalue weighted by Crippen LogP contribution is 2.55. The summed E-state index contributed by atoms with van der Waals surface area (Å²) >= 11 is 0. The number of ketones is 1. The highest BCUT2D eigenvalue weighted by Gasteiger charge is 2.63. The Morgan fingerprint density at radius 3 is 2.07 bits per heavy atom. The van der Waals surface area contributed by atoms with Crippen molar-refractivity contribution in [2.45, 2.75) is 24.5 Å². The standard InChI is InChI=1S/C34H29N3O7/c1-43-25-16-13-22(14-17-25)28-29(32(38)23-11-7-4-8-12-23)30(24-15-18-27(44-2)26(19-24)37(41)42)36-31(28)33(39)35(34(36)40)20-21-9-5-3-6-10-21/h3-19,28-31H,20H2,1-2H3. The van der Waals surface area contributed by atoms with Crippen LogP contribution in [0.2, 0.25) is 0 Å². The van der Waals surface area contributed by atoms with Gasteiger partial charge in [0.2, 0.25) is 0 Å². The van der Waals surface area contributed by atoms with E-state index in [9.17, 15) is 24.5 Å². The Kier molecular flexibility index (Phi) is 7.57. The number of ether oxygens (including phenoxy) is 2. The molecule has 0 aliphatic carbocycles. The van der Waals surface area contributed by atoms with Crippen molar-refractivity contribution in [3.05, 3.63) is 135 Å². The first-order valence-corrected chi connectivity index (χ1v) is 14.1. The summed E-state index contributed by atoms with van der Waals surface area (Å²) in [5, 5.41) is 12.0. The Morgan fingerprint density at radius 2 is 1.45 bits per heavy atom. The number of benzene rings is 4. The molecule has 0 spiro atoms. The Balaban J connectivity index is 1.56. The molecule has 0 saturated carbocycles. The van der Waals surface area contributed by atoms with Crippen molar-refractivity contribution in [3.8, 4) is 11.5 Å². The fourth-order valence-corrected chi connectivity index (χ4v) is 6.45. The molecule has 3 amide bonds. The van der Waals surface area contributed by atoms with E-state index in [1.54, 1.807) is 67.8 Å². The number of methoxy groups -OCH3 is 2. The van der Waals surface area contributed by atoms with Gasteiger partial charge in [0.05, 0.1) is 37.6 Å². The molecular weight excluding hydrogens is 562 g/mol. The fourth-order valence-electron chi connectivity index (χ4n) is 6.45. The van der Waals surface area contributed by atoms with E-state index in [0.29, 0.717) is 22.4 Å². The minimum absolute atomic E-state index is 0.0421. The van der Waals surface area contributed by atoms with Crippen LogP contribution in [0.15, 0.2) is 103 Å². The Labute approximate surface area is 253 Å². The number of carbonyl (C=O) groups is 3. The zero-order chi connectivity index (χ0) is 31.0. The number of nitro groups is 1. The average Bonchev–Trinajstić information content (AvgIpc) is 3.53. The van der Waals surface area contributed by atoms with Crippen LogP contribution in [0.25, 0.3) is 0 Å². The van der Waals surface area contributed by atoms with Crippen LogP contribution in [0, 0.1) is 16.0 Å². The quantitative estimate of drug-likeness (QED) is 0.105. The number of amides is 3. The van der Waals surface area contributed by atoms with E-state index in [0.717, 1.165) is 5.56 Å². The van der Waals surface area contributed by atoms with E-state index in [2.05, 4.69) is 0 Å². The molecule has 10 heteroatoms. The number of carbonyl (C=O) groups excluding carboxylic acids is 3. The van der Waals surface area contributed by atoms with Crippen molar-refractivity contribution in [1.29, 1.82) is 0 Å². The van der Waals surface area contributed by atoms with E-state index in [4.69, 9.17) is 9.47 Å². The lowest BCUT2D eigenvalue weighted by molar-refractivity contribution is -0.385. The largest absolute Gasteiger partial charge is 0.497 e. The van der Waals surface area contributed by atoms with Crippen molar-refractivity contribution >= 4 is 23.4 Å². The fraction of sp³-hybridized carbons (Fsp3) is 0.206. The van der Waals surface area contributed by atoms with Crippen LogP contribution in [0.4, 0.5) is 10.5 Å². The van der Waals surface area contributed by atoms with Gasteiger partial charge in [0.25, 0.3) is 5.91 Å². The highest BCUT2D eigenvalue weighted by atomic mass is 16.6. The second-order valence-corrected chi connectivity index (χ2v) is 10.7. The van der Waals surface area contributed by atoms with Crippen LogP contribution in [-0.2, 0) is 11.3 Å². The first-order chi connectivity index (χ1) is 21.3. The summed E-state index contributed by atoms with van der Waals surface area (Å²) < 4.78 is 10.6. The molecule has 4 atom stereocenters. The van der Waals surface area contributed by atoms with Gasteiger partial charge >= 0.3 is 11.7 Å². The SMILES string of the molecule is COc1ccc(C2C(C(=O)c3ccccc3)C(c3ccc(OC)c([N+](=O)[O-])c3)N3C(=O)N(Cc4ccccc4)C(=O)C23)cc1. The normalized spacial score (nSPS) is 20.9. The lowest BCUT2D eigenvalue weighted by Gasteiger charge is -2.29. The summed E-state index contributed by atoms with van der Waals surface area (Å²) in [5.74, 6) is -1.76. The molecule has 10 nitrogen and oxygen atoms in total. The zero-order valence-corrected chi connectivity index (χ0v) is 24.0. The summed E-state index contributed by atoms with van der Waals surface area (Å²) in [6, 6.07) is 26.8. The van der Waals surface area contributed by atoms with E-state index < -0.39 is 40.8 Å². The van der Waals surface area contributed by atoms with Gasteiger partial charge < -0.3 is 14.4 Å². The van der Waals surface area contributed by atoms with Gasteiger partial charge in [-0.05, 0) is 34.9 Å². The van der Waals surface area contributed by atoms with Crippen molar-refractivity contribution in [3.63, 3.8) is 0 Å². The summed E-state index contributed by atoms with van der Waals surface area (Å²) in [6.07, 6.45) is 0. The van der Waals surface area contributed by atoms with Crippen molar-refractivity contribution in [1.82, 2.24) is 9.80 Å². The smallest absolute Gasteiger partial charge is 0.328 e. The topological polar surface area (TPSA) is 119 Å². The van der Waals surface area contributed by atoms with E-state index in [-0.39, 0.29) is 23.8 Å². The maximum Gasteiger partial charge on any atom is 0.328 e. The molecule has 4 unspecified atom stereocenters. The number of fused-ring (bicyclic) bond motifs is 1. The molecule has 0 aromatic heterocycles. The Morgan fingerprint density at radius 1 is 0.818 bits per heavy atom. The Hall–Kier alpha value is -5.51. The van der Waals surface area contributed by atoms with Crippen LogP contribution in [0.1, 0.15) is 39.0 Å². The van der Waals surface area contributed by atoms with E-state index in [1.165, 1.54) is 29.0 Å². The molecule has 6 rings (SSSR count). The van der Waals surface area contributed by atoms with Gasteiger partial charge in [0.1, 0.15) is 11.8 Å². The summed E-state index contributed by atoms with van der Waals surface area (Å²) in [6.45, 7) is 0.0492. The van der Waals surface area contributed by atoms with Gasteiger partial charge in [-0.15, -0.1) is 0 Å². The molecule has 2 saturated heterocycles. The molecule has 2 fully saturated rings. The number of nitrogens with zero attached hydrogens (tertiary/aromatic N) is 3. The van der Waals surface area contributed by atoms with Crippen LogP contribution in [0.5, 0.6) is 11.5 Å². The molecule has 44 heavy (non-hydrogen) atoms. The van der Waals surface area contributed by atoms with Crippen LogP contribution >= 0.6 is 0 Å². The van der Waals surface area contributed by atoms with Crippen molar-refractivity contribution in [2.75, 3.05) is 14.2 Å². The van der Waals surface area contributed by atoms with Gasteiger partial charge in [-0.1, -0.05) is 78.9 Å². The molecule has 0 N–H and O–H groups in total. The first kappa shape index (κ1) is 28.6. The summed E-state index contributed by atoms with van der Waals surface area (Å²) in [4.78, 5) is 57.1. The maximum atomic E-state index is 14.5. The molecule has 4 aromatic carbocycles. The third-order valence-corrected chi connectivity index (χ3v) is 8.42. The molecule has 2 aliphatic rings. The number of urea groups is 1. The third-order valence-electron chi connectivity index (χ3n) is 8.42. The number of imide groups is 1. The van der Waals surface area contributed by atoms with Gasteiger partial charge in [0, 0.05) is 17.5 Å². The number of Topliss-reactive ketones (excluding diaryl/α,β-unsaturated/α-hetero) is 1. The van der Waals surface area contributed by atoms with Crippen molar-refractivity contribution < 1.29 is 28.8 Å². The van der Waals surface area contributed by atoms with E-state index >= 15 is 0 Å². The average molecular weight is 592 g/mol. The predicted octanol–water partition coefficient (Wildman–Crippen LogP) is 5.78. The van der Waals surface area contributed by atoms with Gasteiger partial charge in [-0.25, -0.2) is 4.79 Å². The number of hydrogen-bond donors (Lipinski definition) is 0. The first-order valence-electron chi connectivity index (χ1n) is 14.1. The van der Waals surface area contributed by atoms with Gasteiger partial charge in [0.15, 0.2) is 11.5 Å². The van der Waals surface area contributed by atoms with Gasteiger partial charge in [-0.3, -0.25) is 24.6 Å². The monoisotopic (exact) mass is 591 g/mol. The number of rotatable bonds is 9. The van der Waals surface area contributed by atoms with Crippen LogP contribution in [-0.4, -0.2) is 52.7 Å². The van der Waals surface area contributed by atoms with Gasteiger partial charge in [-0.2, -0.15) is 0 Å². The number of nitro benzene ring substituents is 1. The van der Waals surface area contributed by atoms with Crippen LogP contribution < -0.4 is 9.47 Å². The number of hydrogen-bond acceptors (Lipinski definition) is 7. The maximum absolute atomic E-state index is 14.5. The molecular formula is C34H29N3O7. The molecule has 2 heterocycles. The lowest BCUT2D eigenvalue weighted by atomic mass is 9.75. The third kappa shape index (κ3) is 4.84. The van der Waals surface area contributed by atoms with E-state index in [1.807, 2.05) is 30.3 Å².